The number of imidazole rings is 2. The standard InChI is InChI=1S/C19H16Cl3N5O/c1-2-27-13(7-11-3-4-12(20)8-14(11)21)9-26(19(27)28)10-17-23-15-5-6-16(22)24-18(15)25-17/h3-6,8-9H,2,7,10H2,1H3,(H,23,24,25). The molecule has 28 heavy (non-hydrogen) atoms. The molecule has 0 aliphatic rings. The first-order chi connectivity index (χ1) is 13.4. The SMILES string of the molecule is CCn1c(Cc2ccc(Cl)cc2Cl)cn(Cc2nc3nc(Cl)ccc3[nH]2)c1=O. The number of aromatic amines is 1. The number of hydrogen-bond donors (Lipinski definition) is 1. The lowest BCUT2D eigenvalue weighted by atomic mass is 10.1. The van der Waals surface area contributed by atoms with E-state index in [1.807, 2.05) is 25.3 Å². The van der Waals surface area contributed by atoms with Gasteiger partial charge in [0, 0.05) is 34.9 Å². The summed E-state index contributed by atoms with van der Waals surface area (Å²) >= 11 is 18.2. The third-order valence-corrected chi connectivity index (χ3v) is 5.31. The van der Waals surface area contributed by atoms with E-state index < -0.39 is 0 Å². The van der Waals surface area contributed by atoms with Crippen LogP contribution in [0.2, 0.25) is 15.2 Å². The van der Waals surface area contributed by atoms with Crippen molar-refractivity contribution in [3.8, 4) is 0 Å². The van der Waals surface area contributed by atoms with Crippen LogP contribution >= 0.6 is 34.8 Å². The molecule has 144 valence electrons. The number of hydrogen-bond acceptors (Lipinski definition) is 3. The predicted molar refractivity (Wildman–Crippen MR) is 112 cm³/mol. The van der Waals surface area contributed by atoms with Crippen LogP contribution in [0.25, 0.3) is 11.2 Å². The molecule has 1 aromatic carbocycles. The summed E-state index contributed by atoms with van der Waals surface area (Å²) in [6.45, 7) is 2.80. The van der Waals surface area contributed by atoms with Gasteiger partial charge in [-0.15, -0.1) is 0 Å². The quantitative estimate of drug-likeness (QED) is 0.467. The third-order valence-electron chi connectivity index (χ3n) is 4.51. The van der Waals surface area contributed by atoms with Crippen LogP contribution in [0, 0.1) is 0 Å². The van der Waals surface area contributed by atoms with Gasteiger partial charge in [0.1, 0.15) is 11.0 Å². The number of fused-ring (bicyclic) bond motifs is 1. The average molecular weight is 437 g/mol. The normalized spacial score (nSPS) is 11.4. The number of benzene rings is 1. The van der Waals surface area contributed by atoms with Crippen LogP contribution in [0.4, 0.5) is 0 Å². The molecule has 0 radical (unpaired) electrons. The highest BCUT2D eigenvalue weighted by atomic mass is 35.5. The monoisotopic (exact) mass is 435 g/mol. The lowest BCUT2D eigenvalue weighted by molar-refractivity contribution is 0.646. The summed E-state index contributed by atoms with van der Waals surface area (Å²) in [5, 5.41) is 1.54. The highest BCUT2D eigenvalue weighted by Gasteiger charge is 2.14. The Balaban J connectivity index is 1.67. The van der Waals surface area contributed by atoms with Gasteiger partial charge >= 0.3 is 5.69 Å². The van der Waals surface area contributed by atoms with E-state index in [9.17, 15) is 4.79 Å². The highest BCUT2D eigenvalue weighted by molar-refractivity contribution is 6.35. The van der Waals surface area contributed by atoms with Gasteiger partial charge in [-0.25, -0.2) is 14.8 Å². The zero-order valence-corrected chi connectivity index (χ0v) is 17.2. The zero-order chi connectivity index (χ0) is 19.8. The first-order valence-electron chi connectivity index (χ1n) is 8.68. The van der Waals surface area contributed by atoms with Crippen LogP contribution in [-0.4, -0.2) is 24.1 Å². The van der Waals surface area contributed by atoms with Crippen LogP contribution < -0.4 is 5.69 Å². The minimum absolute atomic E-state index is 0.103. The minimum Gasteiger partial charge on any atom is -0.339 e. The fourth-order valence-electron chi connectivity index (χ4n) is 3.19. The van der Waals surface area contributed by atoms with Gasteiger partial charge in [0.15, 0.2) is 5.65 Å². The van der Waals surface area contributed by atoms with Crippen molar-refractivity contribution >= 4 is 46.0 Å². The van der Waals surface area contributed by atoms with Crippen LogP contribution in [0.5, 0.6) is 0 Å². The molecule has 0 aliphatic heterocycles. The van der Waals surface area contributed by atoms with Crippen LogP contribution in [-0.2, 0) is 19.5 Å². The summed E-state index contributed by atoms with van der Waals surface area (Å²) in [5.74, 6) is 0.635. The number of pyridine rings is 1. The second kappa shape index (κ2) is 7.62. The van der Waals surface area contributed by atoms with Gasteiger partial charge in [-0.1, -0.05) is 40.9 Å². The maximum absolute atomic E-state index is 12.8. The number of H-pyrrole nitrogens is 1. The van der Waals surface area contributed by atoms with Crippen molar-refractivity contribution in [2.24, 2.45) is 0 Å². The molecule has 1 N–H and O–H groups in total. The summed E-state index contributed by atoms with van der Waals surface area (Å²) in [7, 11) is 0. The Kier molecular flexibility index (Phi) is 5.19. The second-order valence-corrected chi connectivity index (χ2v) is 7.61. The van der Waals surface area contributed by atoms with Crippen LogP contribution in [0.1, 0.15) is 24.0 Å². The first kappa shape index (κ1) is 19.1. The van der Waals surface area contributed by atoms with Crippen molar-refractivity contribution in [2.45, 2.75) is 26.4 Å². The van der Waals surface area contributed by atoms with Gasteiger partial charge in [0.2, 0.25) is 0 Å². The maximum atomic E-state index is 12.8. The molecule has 3 heterocycles. The summed E-state index contributed by atoms with van der Waals surface area (Å²) in [6.07, 6.45) is 2.37. The molecule has 0 spiro atoms. The van der Waals surface area contributed by atoms with Gasteiger partial charge in [0.05, 0.1) is 12.1 Å². The summed E-state index contributed by atoms with van der Waals surface area (Å²) in [5.41, 5.74) is 2.98. The number of nitrogens with zero attached hydrogens (tertiary/aromatic N) is 4. The number of halogens is 3. The van der Waals surface area contributed by atoms with Gasteiger partial charge in [-0.2, -0.15) is 0 Å². The Morgan fingerprint density at radius 2 is 1.93 bits per heavy atom. The summed E-state index contributed by atoms with van der Waals surface area (Å²) in [6, 6.07) is 8.88. The highest BCUT2D eigenvalue weighted by Crippen LogP contribution is 2.23. The second-order valence-electron chi connectivity index (χ2n) is 6.38. The molecule has 0 saturated carbocycles. The average Bonchev–Trinajstić information content (AvgIpc) is 3.17. The Bertz CT molecular complexity index is 1220. The number of rotatable bonds is 5. The van der Waals surface area contributed by atoms with E-state index in [1.165, 1.54) is 0 Å². The minimum atomic E-state index is -0.103. The van der Waals surface area contributed by atoms with Crippen molar-refractivity contribution in [1.29, 1.82) is 0 Å². The van der Waals surface area contributed by atoms with Gasteiger partial charge in [-0.05, 0) is 36.8 Å². The van der Waals surface area contributed by atoms with Crippen LogP contribution in [0.3, 0.4) is 0 Å². The molecular formula is C19H16Cl3N5O. The van der Waals surface area contributed by atoms with E-state index in [0.29, 0.717) is 46.2 Å². The lowest BCUT2D eigenvalue weighted by Gasteiger charge is -2.06. The molecule has 0 aliphatic carbocycles. The number of nitrogens with one attached hydrogen (secondary N) is 1. The Morgan fingerprint density at radius 3 is 2.68 bits per heavy atom. The van der Waals surface area contributed by atoms with E-state index in [-0.39, 0.29) is 5.69 Å². The number of aromatic nitrogens is 5. The molecule has 0 unspecified atom stereocenters. The molecular weight excluding hydrogens is 421 g/mol. The lowest BCUT2D eigenvalue weighted by Crippen LogP contribution is -2.25. The van der Waals surface area contributed by atoms with E-state index >= 15 is 0 Å². The van der Waals surface area contributed by atoms with E-state index in [2.05, 4.69) is 15.0 Å². The molecule has 0 fully saturated rings. The van der Waals surface area contributed by atoms with Gasteiger partial charge in [-0.3, -0.25) is 9.13 Å². The van der Waals surface area contributed by atoms with Crippen molar-refractivity contribution in [2.75, 3.05) is 0 Å². The van der Waals surface area contributed by atoms with E-state index in [0.717, 1.165) is 16.8 Å². The predicted octanol–water partition coefficient (Wildman–Crippen LogP) is 4.54. The topological polar surface area (TPSA) is 68.5 Å². The largest absolute Gasteiger partial charge is 0.339 e. The molecule has 4 rings (SSSR count). The molecule has 6 nitrogen and oxygen atoms in total. The Labute approximate surface area is 175 Å². The van der Waals surface area contributed by atoms with Crippen molar-refractivity contribution in [3.05, 3.63) is 79.3 Å². The smallest absolute Gasteiger partial charge is 0.328 e. The van der Waals surface area contributed by atoms with Gasteiger partial charge in [0.25, 0.3) is 0 Å². The fraction of sp³-hybridized carbons (Fsp3) is 0.211. The summed E-state index contributed by atoms with van der Waals surface area (Å²) < 4.78 is 3.35. The van der Waals surface area contributed by atoms with E-state index in [1.54, 1.807) is 27.3 Å². The Morgan fingerprint density at radius 1 is 1.11 bits per heavy atom. The van der Waals surface area contributed by atoms with Crippen molar-refractivity contribution < 1.29 is 0 Å². The third kappa shape index (κ3) is 3.68. The molecule has 0 bridgehead atoms. The van der Waals surface area contributed by atoms with Crippen molar-refractivity contribution in [1.82, 2.24) is 24.1 Å². The molecule has 9 heteroatoms. The van der Waals surface area contributed by atoms with Crippen LogP contribution in [0.15, 0.2) is 41.3 Å². The van der Waals surface area contributed by atoms with Crippen molar-refractivity contribution in [3.63, 3.8) is 0 Å². The zero-order valence-electron chi connectivity index (χ0n) is 14.9. The van der Waals surface area contributed by atoms with Gasteiger partial charge < -0.3 is 4.98 Å². The first-order valence-corrected chi connectivity index (χ1v) is 9.82. The fourth-order valence-corrected chi connectivity index (χ4v) is 3.81. The molecule has 0 atom stereocenters. The van der Waals surface area contributed by atoms with E-state index in [4.69, 9.17) is 34.8 Å². The Hall–Kier alpha value is -2.28. The molecule has 3 aromatic heterocycles. The molecule has 4 aromatic rings. The summed E-state index contributed by atoms with van der Waals surface area (Å²) in [4.78, 5) is 24.6. The molecule has 0 amide bonds. The molecule has 0 saturated heterocycles. The maximum Gasteiger partial charge on any atom is 0.328 e.